The lowest BCUT2D eigenvalue weighted by Gasteiger charge is -2.06. The molecule has 0 amide bonds. The zero-order chi connectivity index (χ0) is 22.1. The molecule has 0 spiro atoms. The average molecular weight is 447 g/mol. The minimum Gasteiger partial charge on any atom is -0.466 e. The Kier molecular flexibility index (Phi) is 23.9. The molecule has 0 N–H and O–H groups in total. The Morgan fingerprint density at radius 2 is 0.900 bits per heavy atom. The fourth-order valence-corrected chi connectivity index (χ4v) is 3.56. The van der Waals surface area contributed by atoms with E-state index in [9.17, 15) is 9.59 Å². The van der Waals surface area contributed by atoms with Gasteiger partial charge in [-0.1, -0.05) is 84.0 Å². The molecule has 0 aromatic rings. The van der Waals surface area contributed by atoms with Crippen molar-refractivity contribution in [1.82, 2.24) is 0 Å². The molecule has 0 saturated heterocycles. The van der Waals surface area contributed by atoms with Crippen LogP contribution in [0.15, 0.2) is 0 Å². The monoisotopic (exact) mass is 446 g/mol. The lowest BCUT2D eigenvalue weighted by atomic mass is 10.1. The molecule has 178 valence electrons. The lowest BCUT2D eigenvalue weighted by molar-refractivity contribution is -0.146. The molecule has 4 nitrogen and oxygen atoms in total. The molecule has 0 bridgehead atoms. The van der Waals surface area contributed by atoms with Gasteiger partial charge in [-0.05, 0) is 32.1 Å². The van der Waals surface area contributed by atoms with Crippen molar-refractivity contribution in [2.45, 2.75) is 129 Å². The highest BCUT2D eigenvalue weighted by Gasteiger charge is 2.06. The molecule has 0 unspecified atom stereocenters. The Hall–Kier alpha value is -0.770. The largest absolute Gasteiger partial charge is 0.466 e. The van der Waals surface area contributed by atoms with Crippen molar-refractivity contribution < 1.29 is 19.1 Å². The maximum atomic E-state index is 11.7. The smallest absolute Gasteiger partial charge is 0.305 e. The van der Waals surface area contributed by atoms with Crippen LogP contribution >= 0.6 is 11.6 Å². The fraction of sp³-hybridized carbons (Fsp3) is 0.920. The van der Waals surface area contributed by atoms with Gasteiger partial charge in [0, 0.05) is 18.7 Å². The second kappa shape index (κ2) is 24.5. The zero-order valence-electron chi connectivity index (χ0n) is 19.6. The van der Waals surface area contributed by atoms with E-state index in [1.54, 1.807) is 0 Å². The molecule has 30 heavy (non-hydrogen) atoms. The number of esters is 2. The number of halogens is 1. The van der Waals surface area contributed by atoms with Crippen LogP contribution in [-0.4, -0.2) is 31.0 Å². The third-order valence-electron chi connectivity index (χ3n) is 5.31. The van der Waals surface area contributed by atoms with E-state index in [1.807, 2.05) is 0 Å². The standard InChI is InChI=1S/C25H47ClO4/c1-2-3-4-5-6-7-9-12-17-22-29-24(27)19-14-15-20-25(28)30-23-18-13-10-8-11-16-21-26/h2-23H2,1H3. The van der Waals surface area contributed by atoms with E-state index in [2.05, 4.69) is 6.92 Å². The summed E-state index contributed by atoms with van der Waals surface area (Å²) in [5, 5.41) is 0. The van der Waals surface area contributed by atoms with Gasteiger partial charge >= 0.3 is 11.9 Å². The van der Waals surface area contributed by atoms with Crippen molar-refractivity contribution in [3.05, 3.63) is 0 Å². The average Bonchev–Trinajstić information content (AvgIpc) is 2.74. The Labute approximate surface area is 190 Å². The molecular weight excluding hydrogens is 400 g/mol. The molecule has 0 fully saturated rings. The van der Waals surface area contributed by atoms with Gasteiger partial charge in [0.2, 0.25) is 0 Å². The quantitative estimate of drug-likeness (QED) is 0.0914. The number of carbonyl (C=O) groups excluding carboxylic acids is 2. The maximum absolute atomic E-state index is 11.7. The summed E-state index contributed by atoms with van der Waals surface area (Å²) < 4.78 is 10.5. The molecule has 0 aromatic heterocycles. The summed E-state index contributed by atoms with van der Waals surface area (Å²) in [5.41, 5.74) is 0. The minimum atomic E-state index is -0.153. The molecule has 0 aromatic carbocycles. The third-order valence-corrected chi connectivity index (χ3v) is 5.58. The highest BCUT2D eigenvalue weighted by molar-refractivity contribution is 6.17. The van der Waals surface area contributed by atoms with Crippen molar-refractivity contribution >= 4 is 23.5 Å². The van der Waals surface area contributed by atoms with Crippen molar-refractivity contribution in [3.63, 3.8) is 0 Å². The number of hydrogen-bond acceptors (Lipinski definition) is 4. The van der Waals surface area contributed by atoms with Gasteiger partial charge in [-0.2, -0.15) is 0 Å². The maximum Gasteiger partial charge on any atom is 0.305 e. The number of carbonyl (C=O) groups is 2. The van der Waals surface area contributed by atoms with Crippen LogP contribution in [0.3, 0.4) is 0 Å². The van der Waals surface area contributed by atoms with Crippen LogP contribution in [-0.2, 0) is 19.1 Å². The first-order valence-corrected chi connectivity index (χ1v) is 13.1. The summed E-state index contributed by atoms with van der Waals surface area (Å²) in [7, 11) is 0. The van der Waals surface area contributed by atoms with E-state index in [0.29, 0.717) is 38.9 Å². The van der Waals surface area contributed by atoms with Gasteiger partial charge in [-0.3, -0.25) is 9.59 Å². The van der Waals surface area contributed by atoms with E-state index in [0.717, 1.165) is 38.0 Å². The highest BCUT2D eigenvalue weighted by atomic mass is 35.5. The van der Waals surface area contributed by atoms with E-state index in [4.69, 9.17) is 21.1 Å². The van der Waals surface area contributed by atoms with Gasteiger partial charge in [-0.25, -0.2) is 0 Å². The summed E-state index contributed by atoms with van der Waals surface area (Å²) in [5.74, 6) is 0.451. The van der Waals surface area contributed by atoms with Gasteiger partial charge in [0.25, 0.3) is 0 Å². The van der Waals surface area contributed by atoms with Crippen LogP contribution in [0, 0.1) is 0 Å². The van der Waals surface area contributed by atoms with E-state index in [1.165, 1.54) is 64.2 Å². The first-order valence-electron chi connectivity index (χ1n) is 12.6. The second-order valence-electron chi connectivity index (χ2n) is 8.29. The summed E-state index contributed by atoms with van der Waals surface area (Å²) >= 11 is 5.64. The normalized spacial score (nSPS) is 10.9. The molecule has 0 radical (unpaired) electrons. The van der Waals surface area contributed by atoms with Crippen molar-refractivity contribution in [2.24, 2.45) is 0 Å². The van der Waals surface area contributed by atoms with Gasteiger partial charge in [0.1, 0.15) is 0 Å². The third kappa shape index (κ3) is 23.5. The second-order valence-corrected chi connectivity index (χ2v) is 8.66. The van der Waals surface area contributed by atoms with Crippen LogP contribution in [0.5, 0.6) is 0 Å². The summed E-state index contributed by atoms with van der Waals surface area (Å²) in [6.45, 7) is 3.28. The molecule has 5 heteroatoms. The van der Waals surface area contributed by atoms with Crippen molar-refractivity contribution in [2.75, 3.05) is 19.1 Å². The molecule has 0 aliphatic rings. The first-order chi connectivity index (χ1) is 14.7. The molecular formula is C25H47ClO4. The Morgan fingerprint density at radius 3 is 1.30 bits per heavy atom. The first kappa shape index (κ1) is 29.2. The number of ether oxygens (including phenoxy) is 2. The number of rotatable bonds is 23. The van der Waals surface area contributed by atoms with Crippen LogP contribution in [0.1, 0.15) is 129 Å². The van der Waals surface area contributed by atoms with Crippen molar-refractivity contribution in [3.8, 4) is 0 Å². The fourth-order valence-electron chi connectivity index (χ4n) is 3.37. The topological polar surface area (TPSA) is 52.6 Å². The van der Waals surface area contributed by atoms with Gasteiger partial charge < -0.3 is 9.47 Å². The number of unbranched alkanes of at least 4 members (excludes halogenated alkanes) is 14. The van der Waals surface area contributed by atoms with Crippen LogP contribution < -0.4 is 0 Å². The number of hydrogen-bond donors (Lipinski definition) is 0. The number of alkyl halides is 1. The van der Waals surface area contributed by atoms with Gasteiger partial charge in [0.05, 0.1) is 13.2 Å². The minimum absolute atomic E-state index is 0.142. The lowest BCUT2D eigenvalue weighted by Crippen LogP contribution is -2.08. The predicted octanol–water partition coefficient (Wildman–Crippen LogP) is 7.74. The van der Waals surface area contributed by atoms with Crippen LogP contribution in [0.2, 0.25) is 0 Å². The molecule has 0 saturated carbocycles. The van der Waals surface area contributed by atoms with Crippen LogP contribution in [0.25, 0.3) is 0 Å². The Bertz CT molecular complexity index is 387. The van der Waals surface area contributed by atoms with Crippen LogP contribution in [0.4, 0.5) is 0 Å². The Balaban J connectivity index is 3.29. The van der Waals surface area contributed by atoms with Gasteiger partial charge in [0.15, 0.2) is 0 Å². The van der Waals surface area contributed by atoms with E-state index < -0.39 is 0 Å². The summed E-state index contributed by atoms with van der Waals surface area (Å²) in [6, 6.07) is 0. The van der Waals surface area contributed by atoms with Crippen molar-refractivity contribution in [1.29, 1.82) is 0 Å². The molecule has 0 aliphatic heterocycles. The molecule has 0 rings (SSSR count). The highest BCUT2D eigenvalue weighted by Crippen LogP contribution is 2.10. The molecule has 0 aliphatic carbocycles. The molecule has 0 atom stereocenters. The van der Waals surface area contributed by atoms with E-state index in [-0.39, 0.29) is 11.9 Å². The summed E-state index contributed by atoms with van der Waals surface area (Å²) in [4.78, 5) is 23.4. The van der Waals surface area contributed by atoms with E-state index >= 15 is 0 Å². The SMILES string of the molecule is CCCCCCCCCCCOC(=O)CCCCC(=O)OCCCCCCCCCl. The van der Waals surface area contributed by atoms with Gasteiger partial charge in [-0.15, -0.1) is 11.6 Å². The zero-order valence-corrected chi connectivity index (χ0v) is 20.3. The Morgan fingerprint density at radius 1 is 0.533 bits per heavy atom. The summed E-state index contributed by atoms with van der Waals surface area (Å²) in [6.07, 6.45) is 20.2. The molecule has 0 heterocycles. The predicted molar refractivity (Wildman–Crippen MR) is 126 cm³/mol.